The highest BCUT2D eigenvalue weighted by Gasteiger charge is 1.72. The Balaban J connectivity index is 3.14. The zero-order valence-corrected chi connectivity index (χ0v) is 4.83. The minimum Gasteiger partial charge on any atom is -0.375 e. The third-order valence-corrected chi connectivity index (χ3v) is 0.395. The summed E-state index contributed by atoms with van der Waals surface area (Å²) in [7, 11) is 0. The van der Waals surface area contributed by atoms with E-state index in [0.717, 1.165) is 0 Å². The van der Waals surface area contributed by atoms with Crippen molar-refractivity contribution in [1.82, 2.24) is 5.43 Å². The topological polar surface area (TPSA) is 50.4 Å². The first-order chi connectivity index (χ1) is 3.27. The standard InChI is InChI=1S/C3H7N3S/c1-2-5-6-3(4)7/h2H,1H3,(H3,4,6,7)/b5-2+. The van der Waals surface area contributed by atoms with Gasteiger partial charge in [-0.25, -0.2) is 0 Å². The molecule has 0 radical (unpaired) electrons. The number of rotatable bonds is 1. The van der Waals surface area contributed by atoms with Crippen LogP contribution in [0, 0.1) is 0 Å². The van der Waals surface area contributed by atoms with E-state index >= 15 is 0 Å². The number of nitrogens with zero attached hydrogens (tertiary/aromatic N) is 1. The molecule has 4 heteroatoms. The Morgan fingerprint density at radius 3 is 2.71 bits per heavy atom. The summed E-state index contributed by atoms with van der Waals surface area (Å²) in [6, 6.07) is 0. The lowest BCUT2D eigenvalue weighted by molar-refractivity contribution is 1.04. The number of thiocarbonyl (C=S) groups is 1. The number of hydrogen-bond donors (Lipinski definition) is 2. The lowest BCUT2D eigenvalue weighted by Crippen LogP contribution is -2.23. The Morgan fingerprint density at radius 2 is 2.57 bits per heavy atom. The molecule has 0 spiro atoms. The summed E-state index contributed by atoms with van der Waals surface area (Å²) in [5, 5.41) is 3.72. The molecule has 0 saturated heterocycles. The van der Waals surface area contributed by atoms with Crippen molar-refractivity contribution in [2.24, 2.45) is 10.8 Å². The molecule has 7 heavy (non-hydrogen) atoms. The molecule has 0 rings (SSSR count). The van der Waals surface area contributed by atoms with Crippen LogP contribution in [0.4, 0.5) is 0 Å². The van der Waals surface area contributed by atoms with E-state index in [1.54, 1.807) is 13.1 Å². The smallest absolute Gasteiger partial charge is 0.184 e. The maximum absolute atomic E-state index is 4.99. The zero-order chi connectivity index (χ0) is 5.70. The first-order valence-corrected chi connectivity index (χ1v) is 2.21. The highest BCUT2D eigenvalue weighted by molar-refractivity contribution is 7.80. The summed E-state index contributed by atoms with van der Waals surface area (Å²) >= 11 is 4.41. The van der Waals surface area contributed by atoms with Gasteiger partial charge in [0, 0.05) is 6.21 Å². The fraction of sp³-hybridized carbons (Fsp3) is 0.333. The molecule has 0 saturated carbocycles. The normalized spacial score (nSPS) is 9.29. The fourth-order valence-corrected chi connectivity index (χ4v) is 0.181. The first-order valence-electron chi connectivity index (χ1n) is 1.80. The van der Waals surface area contributed by atoms with E-state index in [1.165, 1.54) is 0 Å². The van der Waals surface area contributed by atoms with Crippen LogP contribution < -0.4 is 11.2 Å². The maximum Gasteiger partial charge on any atom is 0.184 e. The van der Waals surface area contributed by atoms with Crippen LogP contribution in [0.25, 0.3) is 0 Å². The van der Waals surface area contributed by atoms with Gasteiger partial charge in [0.15, 0.2) is 5.11 Å². The quantitative estimate of drug-likeness (QED) is 0.285. The molecule has 3 N–H and O–H groups in total. The van der Waals surface area contributed by atoms with Crippen molar-refractivity contribution in [1.29, 1.82) is 0 Å². The highest BCUT2D eigenvalue weighted by Crippen LogP contribution is 1.55. The van der Waals surface area contributed by atoms with Crippen molar-refractivity contribution < 1.29 is 0 Å². The van der Waals surface area contributed by atoms with Crippen molar-refractivity contribution in [3.05, 3.63) is 0 Å². The molecule has 0 fully saturated rings. The van der Waals surface area contributed by atoms with Crippen molar-refractivity contribution in [2.75, 3.05) is 0 Å². The monoisotopic (exact) mass is 117 g/mol. The number of nitrogens with one attached hydrogen (secondary N) is 1. The average Bonchev–Trinajstić information content (AvgIpc) is 1.61. The van der Waals surface area contributed by atoms with Crippen LogP contribution in [0.5, 0.6) is 0 Å². The molecule has 0 aliphatic carbocycles. The van der Waals surface area contributed by atoms with Gasteiger partial charge in [-0.2, -0.15) is 5.10 Å². The van der Waals surface area contributed by atoms with E-state index in [-0.39, 0.29) is 5.11 Å². The molecule has 0 aliphatic rings. The van der Waals surface area contributed by atoms with E-state index < -0.39 is 0 Å². The molecule has 0 aromatic rings. The second-order valence-corrected chi connectivity index (χ2v) is 1.30. The van der Waals surface area contributed by atoms with Crippen molar-refractivity contribution >= 4 is 23.5 Å². The third-order valence-electron chi connectivity index (χ3n) is 0.304. The highest BCUT2D eigenvalue weighted by atomic mass is 32.1. The summed E-state index contributed by atoms with van der Waals surface area (Å²) in [6.45, 7) is 1.77. The van der Waals surface area contributed by atoms with E-state index in [9.17, 15) is 0 Å². The molecule has 0 heterocycles. The van der Waals surface area contributed by atoms with Gasteiger partial charge < -0.3 is 5.73 Å². The Bertz CT molecular complexity index is 88.2. The van der Waals surface area contributed by atoms with Crippen molar-refractivity contribution in [3.63, 3.8) is 0 Å². The molecular weight excluding hydrogens is 110 g/mol. The van der Waals surface area contributed by atoms with Gasteiger partial charge in [0.05, 0.1) is 0 Å². The zero-order valence-electron chi connectivity index (χ0n) is 4.01. The largest absolute Gasteiger partial charge is 0.375 e. The lowest BCUT2D eigenvalue weighted by Gasteiger charge is -1.88. The van der Waals surface area contributed by atoms with Gasteiger partial charge in [-0.15, -0.1) is 0 Å². The molecule has 0 unspecified atom stereocenters. The fourth-order valence-electron chi connectivity index (χ4n) is 0.128. The Morgan fingerprint density at radius 1 is 2.00 bits per heavy atom. The lowest BCUT2D eigenvalue weighted by atomic mass is 10.9. The Hall–Kier alpha value is -0.640. The summed E-state index contributed by atoms with van der Waals surface area (Å²) in [6.07, 6.45) is 1.57. The molecular formula is C3H7N3S. The maximum atomic E-state index is 4.99. The molecule has 0 bridgehead atoms. The van der Waals surface area contributed by atoms with Gasteiger partial charge in [-0.05, 0) is 19.1 Å². The average molecular weight is 117 g/mol. The molecule has 0 amide bonds. The second kappa shape index (κ2) is 3.55. The summed E-state index contributed by atoms with van der Waals surface area (Å²) < 4.78 is 0. The summed E-state index contributed by atoms with van der Waals surface area (Å²) in [5.74, 6) is 0. The van der Waals surface area contributed by atoms with Crippen LogP contribution in [0.2, 0.25) is 0 Å². The molecule has 0 aromatic heterocycles. The summed E-state index contributed by atoms with van der Waals surface area (Å²) in [4.78, 5) is 0. The van der Waals surface area contributed by atoms with Crippen LogP contribution in [0.1, 0.15) is 6.92 Å². The predicted octanol–water partition coefficient (Wildman–Crippen LogP) is -0.175. The van der Waals surface area contributed by atoms with Gasteiger partial charge >= 0.3 is 0 Å². The third kappa shape index (κ3) is 5.36. The minimum atomic E-state index is 0.193. The van der Waals surface area contributed by atoms with Gasteiger partial charge in [-0.1, -0.05) is 0 Å². The van der Waals surface area contributed by atoms with Crippen LogP contribution in [0.15, 0.2) is 5.10 Å². The van der Waals surface area contributed by atoms with E-state index in [0.29, 0.717) is 0 Å². The van der Waals surface area contributed by atoms with E-state index in [4.69, 9.17) is 5.73 Å². The van der Waals surface area contributed by atoms with Gasteiger partial charge in [0.2, 0.25) is 0 Å². The SMILES string of the molecule is C/C=N/NC(N)=S. The first kappa shape index (κ1) is 6.36. The van der Waals surface area contributed by atoms with Crippen LogP contribution >= 0.6 is 12.2 Å². The van der Waals surface area contributed by atoms with Gasteiger partial charge in [-0.3, -0.25) is 5.43 Å². The molecule has 3 nitrogen and oxygen atoms in total. The van der Waals surface area contributed by atoms with Gasteiger partial charge in [0.25, 0.3) is 0 Å². The Kier molecular flexibility index (Phi) is 3.22. The predicted molar refractivity (Wildman–Crippen MR) is 34.1 cm³/mol. The van der Waals surface area contributed by atoms with E-state index in [2.05, 4.69) is 22.7 Å². The second-order valence-electron chi connectivity index (χ2n) is 0.863. The number of nitrogens with two attached hydrogens (primary N) is 1. The molecule has 0 aliphatic heterocycles. The van der Waals surface area contributed by atoms with Crippen molar-refractivity contribution in [3.8, 4) is 0 Å². The summed E-state index contributed by atoms with van der Waals surface area (Å²) in [5.41, 5.74) is 7.36. The number of hydrogen-bond acceptors (Lipinski definition) is 2. The minimum absolute atomic E-state index is 0.193. The van der Waals surface area contributed by atoms with Crippen LogP contribution in [0.3, 0.4) is 0 Å². The number of hydrazone groups is 1. The van der Waals surface area contributed by atoms with Crippen LogP contribution in [-0.4, -0.2) is 11.3 Å². The Labute approximate surface area is 47.6 Å². The molecule has 0 aromatic carbocycles. The van der Waals surface area contributed by atoms with E-state index in [1.807, 2.05) is 0 Å². The van der Waals surface area contributed by atoms with Crippen molar-refractivity contribution in [2.45, 2.75) is 6.92 Å². The van der Waals surface area contributed by atoms with Gasteiger partial charge in [0.1, 0.15) is 0 Å². The van der Waals surface area contributed by atoms with Crippen LogP contribution in [-0.2, 0) is 0 Å². The molecule has 0 atom stereocenters. The molecule has 40 valence electrons.